The molecule has 0 rings (SSSR count). The summed E-state index contributed by atoms with van der Waals surface area (Å²) in [6.07, 6.45) is 2.22. The Bertz CT molecular complexity index is 192. The number of aliphatic hydroxyl groups is 1. The Morgan fingerprint density at radius 1 is 1.60 bits per heavy atom. The molecule has 0 bridgehead atoms. The maximum absolute atomic E-state index is 11.4. The van der Waals surface area contributed by atoms with E-state index in [1.165, 1.54) is 0 Å². The summed E-state index contributed by atoms with van der Waals surface area (Å²) in [6.45, 7) is 7.95. The maximum Gasteiger partial charge on any atom is 0.248 e. The molecule has 2 unspecified atom stereocenters. The van der Waals surface area contributed by atoms with Gasteiger partial charge < -0.3 is 15.2 Å². The fourth-order valence-corrected chi connectivity index (χ4v) is 0.952. The Morgan fingerprint density at radius 3 is 2.80 bits per heavy atom. The molecule has 0 saturated carbocycles. The van der Waals surface area contributed by atoms with Gasteiger partial charge in [0.15, 0.2) is 0 Å². The summed E-state index contributed by atoms with van der Waals surface area (Å²) < 4.78 is 5.26. The van der Waals surface area contributed by atoms with E-state index >= 15 is 0 Å². The van der Waals surface area contributed by atoms with Gasteiger partial charge in [-0.2, -0.15) is 0 Å². The number of nitrogens with one attached hydrogen (secondary N) is 1. The molecule has 0 heterocycles. The second kappa shape index (κ2) is 8.44. The SMILES string of the molecule is C=CCCOC(C)C(=O)NCCC(C)O. The van der Waals surface area contributed by atoms with Gasteiger partial charge in [-0.05, 0) is 26.7 Å². The van der Waals surface area contributed by atoms with Gasteiger partial charge in [-0.3, -0.25) is 4.79 Å². The molecule has 0 aliphatic carbocycles. The zero-order chi connectivity index (χ0) is 11.7. The molecule has 0 aliphatic heterocycles. The molecular formula is C11H21NO3. The number of hydrogen-bond donors (Lipinski definition) is 2. The quantitative estimate of drug-likeness (QED) is 0.466. The van der Waals surface area contributed by atoms with E-state index in [9.17, 15) is 4.79 Å². The maximum atomic E-state index is 11.4. The number of carbonyl (C=O) groups is 1. The van der Waals surface area contributed by atoms with Gasteiger partial charge in [-0.15, -0.1) is 6.58 Å². The molecule has 15 heavy (non-hydrogen) atoms. The van der Waals surface area contributed by atoms with Crippen LogP contribution in [0.4, 0.5) is 0 Å². The van der Waals surface area contributed by atoms with Gasteiger partial charge in [0.25, 0.3) is 0 Å². The molecule has 0 aromatic rings. The molecule has 88 valence electrons. The van der Waals surface area contributed by atoms with Gasteiger partial charge in [0, 0.05) is 6.54 Å². The van der Waals surface area contributed by atoms with Crippen molar-refractivity contribution >= 4 is 5.91 Å². The number of hydrogen-bond acceptors (Lipinski definition) is 3. The minimum Gasteiger partial charge on any atom is -0.393 e. The number of aliphatic hydroxyl groups excluding tert-OH is 1. The average molecular weight is 215 g/mol. The van der Waals surface area contributed by atoms with Gasteiger partial charge in [-0.25, -0.2) is 0 Å². The largest absolute Gasteiger partial charge is 0.393 e. The molecule has 1 amide bonds. The molecule has 0 aromatic heterocycles. The third-order valence-electron chi connectivity index (χ3n) is 1.92. The van der Waals surface area contributed by atoms with Crippen molar-refractivity contribution in [3.05, 3.63) is 12.7 Å². The summed E-state index contributed by atoms with van der Waals surface area (Å²) in [5.41, 5.74) is 0. The van der Waals surface area contributed by atoms with E-state index < -0.39 is 6.10 Å². The third kappa shape index (κ3) is 8.15. The van der Waals surface area contributed by atoms with Crippen molar-refractivity contribution in [3.8, 4) is 0 Å². The predicted molar refractivity (Wildman–Crippen MR) is 59.5 cm³/mol. The minimum absolute atomic E-state index is 0.139. The highest BCUT2D eigenvalue weighted by molar-refractivity contribution is 5.80. The number of rotatable bonds is 8. The van der Waals surface area contributed by atoms with E-state index in [2.05, 4.69) is 11.9 Å². The molecule has 0 saturated heterocycles. The van der Waals surface area contributed by atoms with Gasteiger partial charge in [-0.1, -0.05) is 6.08 Å². The zero-order valence-corrected chi connectivity index (χ0v) is 9.53. The van der Waals surface area contributed by atoms with Crippen LogP contribution in [-0.2, 0) is 9.53 Å². The van der Waals surface area contributed by atoms with Gasteiger partial charge >= 0.3 is 0 Å². The van der Waals surface area contributed by atoms with Crippen molar-refractivity contribution in [1.29, 1.82) is 0 Å². The molecule has 0 radical (unpaired) electrons. The molecular weight excluding hydrogens is 194 g/mol. The highest BCUT2D eigenvalue weighted by Crippen LogP contribution is 1.94. The van der Waals surface area contributed by atoms with E-state index in [0.29, 0.717) is 19.6 Å². The molecule has 0 aromatic carbocycles. The van der Waals surface area contributed by atoms with Crippen LogP contribution in [0.5, 0.6) is 0 Å². The Hall–Kier alpha value is -0.870. The number of carbonyl (C=O) groups excluding carboxylic acids is 1. The standard InChI is InChI=1S/C11H21NO3/c1-4-5-8-15-10(3)11(14)12-7-6-9(2)13/h4,9-10,13H,1,5-8H2,2-3H3,(H,12,14). The lowest BCUT2D eigenvalue weighted by Crippen LogP contribution is -2.36. The van der Waals surface area contributed by atoms with E-state index in [1.54, 1.807) is 19.9 Å². The van der Waals surface area contributed by atoms with Crippen molar-refractivity contribution in [2.24, 2.45) is 0 Å². The van der Waals surface area contributed by atoms with Crippen LogP contribution in [0.1, 0.15) is 26.7 Å². The molecule has 2 atom stereocenters. The second-order valence-corrected chi connectivity index (χ2v) is 3.52. The summed E-state index contributed by atoms with van der Waals surface area (Å²) >= 11 is 0. The Morgan fingerprint density at radius 2 is 2.27 bits per heavy atom. The lowest BCUT2D eigenvalue weighted by atomic mass is 10.3. The number of ether oxygens (including phenoxy) is 1. The van der Waals surface area contributed by atoms with E-state index in [0.717, 1.165) is 6.42 Å². The first-order valence-electron chi connectivity index (χ1n) is 5.26. The molecule has 0 spiro atoms. The van der Waals surface area contributed by atoms with Crippen molar-refractivity contribution in [3.63, 3.8) is 0 Å². The first-order valence-corrected chi connectivity index (χ1v) is 5.26. The minimum atomic E-state index is -0.445. The molecule has 2 N–H and O–H groups in total. The van der Waals surface area contributed by atoms with Crippen LogP contribution in [0.3, 0.4) is 0 Å². The smallest absolute Gasteiger partial charge is 0.248 e. The lowest BCUT2D eigenvalue weighted by molar-refractivity contribution is -0.131. The molecule has 0 fully saturated rings. The van der Waals surface area contributed by atoms with Gasteiger partial charge in [0.1, 0.15) is 6.10 Å². The normalized spacial score (nSPS) is 14.3. The topological polar surface area (TPSA) is 58.6 Å². The summed E-state index contributed by atoms with van der Waals surface area (Å²) in [5.74, 6) is -0.139. The molecule has 4 heteroatoms. The fourth-order valence-electron chi connectivity index (χ4n) is 0.952. The van der Waals surface area contributed by atoms with Crippen LogP contribution >= 0.6 is 0 Å². The number of amides is 1. The summed E-state index contributed by atoms with van der Waals surface area (Å²) in [5, 5.41) is 11.7. The molecule has 4 nitrogen and oxygen atoms in total. The Labute approximate surface area is 91.3 Å². The van der Waals surface area contributed by atoms with E-state index in [1.807, 2.05) is 0 Å². The highest BCUT2D eigenvalue weighted by atomic mass is 16.5. The van der Waals surface area contributed by atoms with Crippen LogP contribution in [0, 0.1) is 0 Å². The zero-order valence-electron chi connectivity index (χ0n) is 9.53. The monoisotopic (exact) mass is 215 g/mol. The average Bonchev–Trinajstić information content (AvgIpc) is 2.17. The summed E-state index contributed by atoms with van der Waals surface area (Å²) in [6, 6.07) is 0. The van der Waals surface area contributed by atoms with Crippen molar-refractivity contribution in [2.75, 3.05) is 13.2 Å². The Kier molecular flexibility index (Phi) is 7.95. The highest BCUT2D eigenvalue weighted by Gasteiger charge is 2.11. The third-order valence-corrected chi connectivity index (χ3v) is 1.92. The fraction of sp³-hybridized carbons (Fsp3) is 0.727. The van der Waals surface area contributed by atoms with E-state index in [-0.39, 0.29) is 12.0 Å². The van der Waals surface area contributed by atoms with Gasteiger partial charge in [0.2, 0.25) is 5.91 Å². The van der Waals surface area contributed by atoms with Crippen molar-refractivity contribution < 1.29 is 14.6 Å². The van der Waals surface area contributed by atoms with Crippen LogP contribution in [0.15, 0.2) is 12.7 Å². The first-order chi connectivity index (χ1) is 7.07. The summed E-state index contributed by atoms with van der Waals surface area (Å²) in [4.78, 5) is 11.4. The predicted octanol–water partition coefficient (Wildman–Crippen LogP) is 0.855. The summed E-state index contributed by atoms with van der Waals surface area (Å²) in [7, 11) is 0. The lowest BCUT2D eigenvalue weighted by Gasteiger charge is -2.13. The van der Waals surface area contributed by atoms with Crippen LogP contribution in [0.25, 0.3) is 0 Å². The van der Waals surface area contributed by atoms with Crippen LogP contribution in [0.2, 0.25) is 0 Å². The van der Waals surface area contributed by atoms with E-state index in [4.69, 9.17) is 9.84 Å². The van der Waals surface area contributed by atoms with Crippen LogP contribution in [-0.4, -0.2) is 36.4 Å². The Balaban J connectivity index is 3.55. The molecule has 0 aliphatic rings. The first kappa shape index (κ1) is 14.1. The van der Waals surface area contributed by atoms with Crippen molar-refractivity contribution in [2.45, 2.75) is 38.9 Å². The second-order valence-electron chi connectivity index (χ2n) is 3.52. The van der Waals surface area contributed by atoms with Crippen molar-refractivity contribution in [1.82, 2.24) is 5.32 Å². The van der Waals surface area contributed by atoms with Crippen LogP contribution < -0.4 is 5.32 Å². The van der Waals surface area contributed by atoms with Gasteiger partial charge in [0.05, 0.1) is 12.7 Å².